The number of carbonyl (C=O) groups excluding carboxylic acids is 1. The van der Waals surface area contributed by atoms with E-state index < -0.39 is 5.91 Å². The lowest BCUT2D eigenvalue weighted by atomic mass is 10.2. The molecule has 1 amide bonds. The third-order valence-corrected chi connectivity index (χ3v) is 5.24. The fourth-order valence-corrected chi connectivity index (χ4v) is 3.68. The van der Waals surface area contributed by atoms with Crippen LogP contribution in [0, 0.1) is 11.3 Å². The number of nitriles is 1. The van der Waals surface area contributed by atoms with E-state index in [1.165, 1.54) is 6.08 Å². The maximum atomic E-state index is 12.9. The summed E-state index contributed by atoms with van der Waals surface area (Å²) in [7, 11) is 0. The Hall–Kier alpha value is -3.05. The number of nitrogens with one attached hydrogen (secondary N) is 1. The number of morpholine rings is 1. The quantitative estimate of drug-likeness (QED) is 0.488. The standard InChI is InChI=1S/C21H17Cl2N5O2/c22-15-4-5-17(27-7-9-30-10-8-27)16(12-15)25-21(29)14(13-24)11-18-20(23)26-19-3-1-2-6-28(18)19/h1-6,11-12H,7-10H2,(H,25,29)/b14-11+. The van der Waals surface area contributed by atoms with Crippen molar-refractivity contribution < 1.29 is 9.53 Å². The Balaban J connectivity index is 1.66. The maximum absolute atomic E-state index is 12.9. The predicted octanol–water partition coefficient (Wildman–Crippen LogP) is 4.02. The average Bonchev–Trinajstić information content (AvgIpc) is 3.07. The molecule has 0 radical (unpaired) electrons. The van der Waals surface area contributed by atoms with E-state index >= 15 is 0 Å². The van der Waals surface area contributed by atoms with Gasteiger partial charge in [-0.2, -0.15) is 5.26 Å². The average molecular weight is 442 g/mol. The molecule has 1 aliphatic rings. The number of fused-ring (bicyclic) bond motifs is 1. The van der Waals surface area contributed by atoms with Gasteiger partial charge in [0.15, 0.2) is 5.15 Å². The van der Waals surface area contributed by atoms with Crippen molar-refractivity contribution in [2.45, 2.75) is 0 Å². The molecule has 0 saturated carbocycles. The van der Waals surface area contributed by atoms with Crippen LogP contribution in [0.25, 0.3) is 11.7 Å². The number of benzene rings is 1. The van der Waals surface area contributed by atoms with Crippen LogP contribution < -0.4 is 10.2 Å². The number of carbonyl (C=O) groups is 1. The lowest BCUT2D eigenvalue weighted by molar-refractivity contribution is -0.112. The highest BCUT2D eigenvalue weighted by Crippen LogP contribution is 2.30. The second-order valence-corrected chi connectivity index (χ2v) is 7.40. The number of imidazole rings is 1. The van der Waals surface area contributed by atoms with Crippen LogP contribution in [0.15, 0.2) is 48.2 Å². The summed E-state index contributed by atoms with van der Waals surface area (Å²) in [5.74, 6) is -0.559. The number of amides is 1. The van der Waals surface area contributed by atoms with Crippen LogP contribution in [-0.4, -0.2) is 41.6 Å². The van der Waals surface area contributed by atoms with Crippen molar-refractivity contribution in [2.75, 3.05) is 36.5 Å². The van der Waals surface area contributed by atoms with Gasteiger partial charge in [-0.15, -0.1) is 0 Å². The second kappa shape index (κ2) is 8.76. The van der Waals surface area contributed by atoms with Gasteiger partial charge in [-0.25, -0.2) is 4.98 Å². The minimum absolute atomic E-state index is 0.101. The molecule has 152 valence electrons. The van der Waals surface area contributed by atoms with Crippen LogP contribution in [0.1, 0.15) is 5.69 Å². The molecule has 1 saturated heterocycles. The first-order valence-corrected chi connectivity index (χ1v) is 10.0. The van der Waals surface area contributed by atoms with Crippen molar-refractivity contribution in [3.63, 3.8) is 0 Å². The van der Waals surface area contributed by atoms with Crippen LogP contribution in [0.2, 0.25) is 10.2 Å². The van der Waals surface area contributed by atoms with Crippen molar-refractivity contribution in [3.05, 3.63) is 64.0 Å². The summed E-state index contributed by atoms with van der Waals surface area (Å²) in [6.07, 6.45) is 3.19. The molecule has 0 bridgehead atoms. The molecular formula is C21H17Cl2N5O2. The third kappa shape index (κ3) is 4.12. The van der Waals surface area contributed by atoms with Gasteiger partial charge < -0.3 is 15.0 Å². The number of anilines is 2. The summed E-state index contributed by atoms with van der Waals surface area (Å²) >= 11 is 12.4. The Labute approximate surface area is 183 Å². The highest BCUT2D eigenvalue weighted by atomic mass is 35.5. The van der Waals surface area contributed by atoms with Gasteiger partial charge in [-0.3, -0.25) is 9.20 Å². The number of hydrogen-bond donors (Lipinski definition) is 1. The zero-order valence-corrected chi connectivity index (χ0v) is 17.3. The van der Waals surface area contributed by atoms with Crippen molar-refractivity contribution in [3.8, 4) is 6.07 Å². The zero-order chi connectivity index (χ0) is 21.1. The first-order valence-electron chi connectivity index (χ1n) is 9.25. The molecular weight excluding hydrogens is 425 g/mol. The first kappa shape index (κ1) is 20.2. The van der Waals surface area contributed by atoms with Gasteiger partial charge in [0.2, 0.25) is 0 Å². The SMILES string of the molecule is N#C/C(=C\c1c(Cl)nc2ccccn12)C(=O)Nc1cc(Cl)ccc1N1CCOCC1. The van der Waals surface area contributed by atoms with Crippen molar-refractivity contribution in [1.29, 1.82) is 5.26 Å². The normalized spacial score (nSPS) is 14.6. The zero-order valence-electron chi connectivity index (χ0n) is 15.8. The van der Waals surface area contributed by atoms with Crippen LogP contribution in [0.4, 0.5) is 11.4 Å². The van der Waals surface area contributed by atoms with E-state index in [-0.39, 0.29) is 10.7 Å². The second-order valence-electron chi connectivity index (χ2n) is 6.60. The van der Waals surface area contributed by atoms with Crippen LogP contribution in [0.5, 0.6) is 0 Å². The first-order chi connectivity index (χ1) is 14.6. The largest absolute Gasteiger partial charge is 0.378 e. The van der Waals surface area contributed by atoms with E-state index in [0.29, 0.717) is 48.4 Å². The fourth-order valence-electron chi connectivity index (χ4n) is 3.28. The molecule has 3 aromatic rings. The van der Waals surface area contributed by atoms with Crippen molar-refractivity contribution in [2.24, 2.45) is 0 Å². The number of hydrogen-bond acceptors (Lipinski definition) is 5. The molecule has 1 N–H and O–H groups in total. The Bertz CT molecular complexity index is 1180. The molecule has 1 aromatic carbocycles. The number of pyridine rings is 1. The predicted molar refractivity (Wildman–Crippen MR) is 117 cm³/mol. The molecule has 0 aliphatic carbocycles. The molecule has 0 unspecified atom stereocenters. The Morgan fingerprint density at radius 2 is 2.03 bits per heavy atom. The number of aromatic nitrogens is 2. The van der Waals surface area contributed by atoms with Gasteiger partial charge in [0.05, 0.1) is 30.3 Å². The van der Waals surface area contributed by atoms with Crippen LogP contribution >= 0.6 is 23.2 Å². The van der Waals surface area contributed by atoms with E-state index in [1.807, 2.05) is 24.3 Å². The summed E-state index contributed by atoms with van der Waals surface area (Å²) in [6, 6.07) is 12.7. The summed E-state index contributed by atoms with van der Waals surface area (Å²) < 4.78 is 7.11. The maximum Gasteiger partial charge on any atom is 0.266 e. The molecule has 7 nitrogen and oxygen atoms in total. The number of rotatable bonds is 4. The van der Waals surface area contributed by atoms with E-state index in [0.717, 1.165) is 5.69 Å². The molecule has 4 rings (SSSR count). The molecule has 2 aromatic heterocycles. The van der Waals surface area contributed by atoms with Crippen LogP contribution in [-0.2, 0) is 9.53 Å². The minimum Gasteiger partial charge on any atom is -0.378 e. The molecule has 9 heteroatoms. The Kier molecular flexibility index (Phi) is 5.91. The number of nitrogens with zero attached hydrogens (tertiary/aromatic N) is 4. The Morgan fingerprint density at radius 1 is 1.23 bits per heavy atom. The highest BCUT2D eigenvalue weighted by Gasteiger charge is 2.19. The molecule has 1 fully saturated rings. The number of halogens is 2. The Morgan fingerprint density at radius 3 is 2.80 bits per heavy atom. The molecule has 0 atom stereocenters. The summed E-state index contributed by atoms with van der Waals surface area (Å²) in [6.45, 7) is 2.60. The molecule has 3 heterocycles. The monoisotopic (exact) mass is 441 g/mol. The lowest BCUT2D eigenvalue weighted by Gasteiger charge is -2.30. The van der Waals surface area contributed by atoms with E-state index in [1.54, 1.807) is 28.8 Å². The van der Waals surface area contributed by atoms with Gasteiger partial charge in [0, 0.05) is 24.3 Å². The van der Waals surface area contributed by atoms with Gasteiger partial charge in [-0.1, -0.05) is 29.3 Å². The summed E-state index contributed by atoms with van der Waals surface area (Å²) in [5.41, 5.74) is 2.32. The third-order valence-electron chi connectivity index (χ3n) is 4.73. The van der Waals surface area contributed by atoms with E-state index in [9.17, 15) is 10.1 Å². The van der Waals surface area contributed by atoms with Crippen LogP contribution in [0.3, 0.4) is 0 Å². The smallest absolute Gasteiger partial charge is 0.266 e. The molecule has 0 spiro atoms. The van der Waals surface area contributed by atoms with Gasteiger partial charge in [0.25, 0.3) is 5.91 Å². The van der Waals surface area contributed by atoms with Crippen molar-refractivity contribution in [1.82, 2.24) is 9.38 Å². The van der Waals surface area contributed by atoms with E-state index in [2.05, 4.69) is 15.2 Å². The fraction of sp³-hybridized carbons (Fsp3) is 0.190. The van der Waals surface area contributed by atoms with Crippen molar-refractivity contribution >= 4 is 52.2 Å². The van der Waals surface area contributed by atoms with E-state index in [4.69, 9.17) is 27.9 Å². The van der Waals surface area contributed by atoms with Gasteiger partial charge in [0.1, 0.15) is 17.3 Å². The van der Waals surface area contributed by atoms with Gasteiger partial charge in [-0.05, 0) is 36.4 Å². The lowest BCUT2D eigenvalue weighted by Crippen LogP contribution is -2.36. The summed E-state index contributed by atoms with van der Waals surface area (Å²) in [5, 5.41) is 13.1. The molecule has 1 aliphatic heterocycles. The summed E-state index contributed by atoms with van der Waals surface area (Å²) in [4.78, 5) is 19.2. The number of ether oxygens (including phenoxy) is 1. The highest BCUT2D eigenvalue weighted by molar-refractivity contribution is 6.31. The molecule has 30 heavy (non-hydrogen) atoms. The minimum atomic E-state index is -0.559. The van der Waals surface area contributed by atoms with Gasteiger partial charge >= 0.3 is 0 Å². The topological polar surface area (TPSA) is 82.7 Å².